The first-order chi connectivity index (χ1) is 15.1. The largest absolute Gasteiger partial charge is 0.477 e. The van der Waals surface area contributed by atoms with Gasteiger partial charge in [0.1, 0.15) is 18.5 Å². The first-order valence-electron chi connectivity index (χ1n) is 10.4. The lowest BCUT2D eigenvalue weighted by atomic mass is 9.98. The van der Waals surface area contributed by atoms with E-state index in [0.29, 0.717) is 18.4 Å². The van der Waals surface area contributed by atoms with Crippen molar-refractivity contribution in [1.82, 2.24) is 39.5 Å². The molecule has 0 N–H and O–H groups in total. The summed E-state index contributed by atoms with van der Waals surface area (Å²) >= 11 is 0. The molecule has 160 valence electrons. The number of hydrogen-bond acceptors (Lipinski definition) is 8. The fraction of sp³-hybridized carbons (Fsp3) is 0.429. The normalized spacial score (nSPS) is 15.0. The zero-order valence-electron chi connectivity index (χ0n) is 17.9. The molecule has 10 heteroatoms. The van der Waals surface area contributed by atoms with Crippen molar-refractivity contribution < 1.29 is 4.74 Å². The van der Waals surface area contributed by atoms with Crippen molar-refractivity contribution in [3.05, 3.63) is 42.4 Å². The molecule has 0 amide bonds. The predicted octanol–water partition coefficient (Wildman–Crippen LogP) is 2.25. The Bertz CT molecular complexity index is 1210. The van der Waals surface area contributed by atoms with Crippen LogP contribution in [0.5, 0.6) is 5.88 Å². The third-order valence-electron chi connectivity index (χ3n) is 5.74. The molecule has 10 nitrogen and oxygen atoms in total. The van der Waals surface area contributed by atoms with E-state index in [1.165, 1.54) is 6.33 Å². The molecule has 1 aliphatic rings. The van der Waals surface area contributed by atoms with Crippen LogP contribution in [0.1, 0.15) is 24.2 Å². The molecule has 5 heterocycles. The Kier molecular flexibility index (Phi) is 4.97. The zero-order chi connectivity index (χ0) is 21.4. The monoisotopic (exact) mass is 419 g/mol. The maximum atomic E-state index is 6.02. The molecule has 0 aromatic carbocycles. The molecule has 0 spiro atoms. The second-order valence-electron chi connectivity index (χ2n) is 8.00. The Morgan fingerprint density at radius 3 is 2.61 bits per heavy atom. The summed E-state index contributed by atoms with van der Waals surface area (Å²) in [5.41, 5.74) is 2.84. The Morgan fingerprint density at radius 1 is 1.03 bits per heavy atom. The molecule has 4 aromatic heterocycles. The van der Waals surface area contributed by atoms with E-state index in [-0.39, 0.29) is 0 Å². The van der Waals surface area contributed by atoms with Crippen molar-refractivity contribution in [2.24, 2.45) is 13.0 Å². The van der Waals surface area contributed by atoms with E-state index in [1.807, 2.05) is 43.9 Å². The Balaban J connectivity index is 1.21. The maximum absolute atomic E-state index is 6.02. The van der Waals surface area contributed by atoms with Crippen molar-refractivity contribution in [2.75, 3.05) is 24.6 Å². The molecular formula is C21H25N9O. The summed E-state index contributed by atoms with van der Waals surface area (Å²) < 4.78 is 9.61. The van der Waals surface area contributed by atoms with E-state index < -0.39 is 0 Å². The van der Waals surface area contributed by atoms with Gasteiger partial charge in [-0.15, -0.1) is 0 Å². The minimum absolute atomic E-state index is 0.467. The highest BCUT2D eigenvalue weighted by Crippen LogP contribution is 2.27. The van der Waals surface area contributed by atoms with Crippen molar-refractivity contribution in [2.45, 2.75) is 26.7 Å². The Morgan fingerprint density at radius 2 is 1.84 bits per heavy atom. The lowest BCUT2D eigenvalue weighted by molar-refractivity contribution is 0.215. The molecule has 1 saturated heterocycles. The number of rotatable bonds is 5. The maximum Gasteiger partial charge on any atom is 0.218 e. The Labute approximate surface area is 179 Å². The van der Waals surface area contributed by atoms with E-state index in [0.717, 1.165) is 60.0 Å². The van der Waals surface area contributed by atoms with Crippen LogP contribution in [0.3, 0.4) is 0 Å². The molecule has 31 heavy (non-hydrogen) atoms. The van der Waals surface area contributed by atoms with Gasteiger partial charge in [-0.25, -0.2) is 24.6 Å². The van der Waals surface area contributed by atoms with Crippen LogP contribution in [-0.2, 0) is 7.05 Å². The molecule has 1 aliphatic heterocycles. The molecule has 5 rings (SSSR count). The highest BCUT2D eigenvalue weighted by molar-refractivity contribution is 5.86. The summed E-state index contributed by atoms with van der Waals surface area (Å²) in [6, 6.07) is 3.86. The summed E-state index contributed by atoms with van der Waals surface area (Å²) in [5, 5.41) is 9.79. The van der Waals surface area contributed by atoms with Crippen LogP contribution in [0.2, 0.25) is 0 Å². The van der Waals surface area contributed by atoms with Crippen LogP contribution in [0.4, 0.5) is 5.82 Å². The number of aryl methyl sites for hydroxylation is 3. The van der Waals surface area contributed by atoms with E-state index in [2.05, 4.69) is 35.0 Å². The van der Waals surface area contributed by atoms with Gasteiger partial charge in [0.2, 0.25) is 5.88 Å². The molecular weight excluding hydrogens is 394 g/mol. The molecule has 0 unspecified atom stereocenters. The molecule has 0 saturated carbocycles. The predicted molar refractivity (Wildman–Crippen MR) is 115 cm³/mol. The van der Waals surface area contributed by atoms with Gasteiger partial charge in [0, 0.05) is 31.9 Å². The van der Waals surface area contributed by atoms with Crippen molar-refractivity contribution >= 4 is 16.9 Å². The number of nitrogens with zero attached hydrogens (tertiary/aromatic N) is 9. The summed E-state index contributed by atoms with van der Waals surface area (Å²) in [6.07, 6.45) is 7.04. The number of aromatic nitrogens is 8. The molecule has 0 bridgehead atoms. The summed E-state index contributed by atoms with van der Waals surface area (Å²) in [5.74, 6) is 2.72. The van der Waals surface area contributed by atoms with Gasteiger partial charge in [0.25, 0.3) is 0 Å². The van der Waals surface area contributed by atoms with Crippen molar-refractivity contribution in [3.8, 4) is 11.7 Å². The van der Waals surface area contributed by atoms with Gasteiger partial charge in [-0.1, -0.05) is 0 Å². The quantitative estimate of drug-likeness (QED) is 0.486. The van der Waals surface area contributed by atoms with Gasteiger partial charge in [0.05, 0.1) is 23.9 Å². The summed E-state index contributed by atoms with van der Waals surface area (Å²) in [4.78, 5) is 19.8. The summed E-state index contributed by atoms with van der Waals surface area (Å²) in [6.45, 7) is 6.46. The van der Waals surface area contributed by atoms with Crippen LogP contribution < -0.4 is 9.64 Å². The SMILES string of the molecule is Cc1cc(C)n(-c2cc(OCC3CCN(c4ncnc5c4cnn5C)CC3)ncn2)n1. The highest BCUT2D eigenvalue weighted by Gasteiger charge is 2.23. The van der Waals surface area contributed by atoms with Gasteiger partial charge < -0.3 is 9.64 Å². The average molecular weight is 419 g/mol. The first-order valence-corrected chi connectivity index (χ1v) is 10.4. The van der Waals surface area contributed by atoms with Crippen LogP contribution in [0, 0.1) is 19.8 Å². The van der Waals surface area contributed by atoms with Crippen molar-refractivity contribution in [3.63, 3.8) is 0 Å². The lowest BCUT2D eigenvalue weighted by Crippen LogP contribution is -2.36. The number of piperidine rings is 1. The van der Waals surface area contributed by atoms with Gasteiger partial charge >= 0.3 is 0 Å². The molecule has 4 aromatic rings. The van der Waals surface area contributed by atoms with Crippen LogP contribution in [-0.4, -0.2) is 59.2 Å². The number of hydrogen-bond donors (Lipinski definition) is 0. The number of ether oxygens (including phenoxy) is 1. The van der Waals surface area contributed by atoms with Gasteiger partial charge in [0.15, 0.2) is 11.5 Å². The minimum Gasteiger partial charge on any atom is -0.477 e. The third kappa shape index (κ3) is 3.80. The van der Waals surface area contributed by atoms with Crippen LogP contribution in [0.25, 0.3) is 16.9 Å². The molecule has 0 aliphatic carbocycles. The lowest BCUT2D eigenvalue weighted by Gasteiger charge is -2.32. The van der Waals surface area contributed by atoms with Crippen molar-refractivity contribution in [1.29, 1.82) is 0 Å². The van der Waals surface area contributed by atoms with Gasteiger partial charge in [-0.2, -0.15) is 10.2 Å². The zero-order valence-corrected chi connectivity index (χ0v) is 17.9. The molecule has 0 atom stereocenters. The van der Waals surface area contributed by atoms with E-state index in [4.69, 9.17) is 4.74 Å². The first kappa shape index (κ1) is 19.4. The summed E-state index contributed by atoms with van der Waals surface area (Å²) in [7, 11) is 1.90. The standard InChI is InChI=1S/C21H25N9O/c1-14-8-15(2)30(27-14)18-9-19(23-12-22-18)31-11-16-4-6-29(7-5-16)21-17-10-26-28(3)20(17)24-13-25-21/h8-10,12-13,16H,4-7,11H2,1-3H3. The second-order valence-corrected chi connectivity index (χ2v) is 8.00. The second kappa shape index (κ2) is 7.93. The smallest absolute Gasteiger partial charge is 0.218 e. The van der Waals surface area contributed by atoms with Gasteiger partial charge in [-0.05, 0) is 38.7 Å². The molecule has 0 radical (unpaired) electrons. The topological polar surface area (TPSA) is 99.7 Å². The van der Waals surface area contributed by atoms with E-state index in [9.17, 15) is 0 Å². The molecule has 1 fully saturated rings. The average Bonchev–Trinajstić information content (AvgIpc) is 3.34. The van der Waals surface area contributed by atoms with Gasteiger partial charge in [-0.3, -0.25) is 4.68 Å². The van der Waals surface area contributed by atoms with E-state index in [1.54, 1.807) is 11.0 Å². The van der Waals surface area contributed by atoms with Crippen LogP contribution >= 0.6 is 0 Å². The fourth-order valence-corrected chi connectivity index (χ4v) is 4.10. The fourth-order valence-electron chi connectivity index (χ4n) is 4.10. The third-order valence-corrected chi connectivity index (χ3v) is 5.74. The minimum atomic E-state index is 0.467. The highest BCUT2D eigenvalue weighted by atomic mass is 16.5. The van der Waals surface area contributed by atoms with E-state index >= 15 is 0 Å². The number of fused-ring (bicyclic) bond motifs is 1. The van der Waals surface area contributed by atoms with Crippen LogP contribution in [0.15, 0.2) is 31.0 Å². The number of anilines is 1. The Hall–Kier alpha value is -3.56.